The van der Waals surface area contributed by atoms with Crippen LogP contribution < -0.4 is 10.6 Å². The topological polar surface area (TPSA) is 50.4 Å². The molecule has 2 atom stereocenters. The van der Waals surface area contributed by atoms with E-state index in [0.717, 1.165) is 13.0 Å². The third-order valence-corrected chi connectivity index (χ3v) is 4.87. The Hall–Kier alpha value is -1.07. The van der Waals surface area contributed by atoms with Crippen molar-refractivity contribution < 1.29 is 9.53 Å². The lowest BCUT2D eigenvalue weighted by atomic mass is 9.94. The number of nitrogens with one attached hydrogen (secondary N) is 2. The number of carbonyl (C=O) groups is 1. The van der Waals surface area contributed by atoms with Crippen LogP contribution in [0.1, 0.15) is 63.4 Å². The molecule has 0 fully saturated rings. The fraction of sp³-hybridized carbons (Fsp3) is 0.706. The molecule has 1 amide bonds. The minimum Gasteiger partial charge on any atom is -0.444 e. The average molecular weight is 324 g/mol. The fourth-order valence-electron chi connectivity index (χ4n) is 2.75. The second kappa shape index (κ2) is 7.47. The quantitative estimate of drug-likeness (QED) is 0.860. The van der Waals surface area contributed by atoms with Crippen LogP contribution in [0.4, 0.5) is 4.79 Å². The van der Waals surface area contributed by atoms with Crippen molar-refractivity contribution in [2.45, 2.75) is 71.1 Å². The van der Waals surface area contributed by atoms with Crippen LogP contribution in [0.3, 0.4) is 0 Å². The van der Waals surface area contributed by atoms with E-state index >= 15 is 0 Å². The van der Waals surface area contributed by atoms with Gasteiger partial charge in [0.15, 0.2) is 0 Å². The number of hydrogen-bond donors (Lipinski definition) is 2. The van der Waals surface area contributed by atoms with Gasteiger partial charge >= 0.3 is 6.09 Å². The van der Waals surface area contributed by atoms with Crippen molar-refractivity contribution in [2.75, 3.05) is 6.54 Å². The minimum atomic E-state index is -0.454. The maximum atomic E-state index is 11.9. The first-order valence-electron chi connectivity index (χ1n) is 8.18. The molecule has 1 aliphatic carbocycles. The summed E-state index contributed by atoms with van der Waals surface area (Å²) in [6, 6.07) is 2.75. The molecule has 2 unspecified atom stereocenters. The molecule has 0 radical (unpaired) electrons. The smallest absolute Gasteiger partial charge is 0.407 e. The molecule has 5 heteroatoms. The van der Waals surface area contributed by atoms with Crippen LogP contribution in [-0.4, -0.2) is 24.3 Å². The van der Waals surface area contributed by atoms with Crippen molar-refractivity contribution >= 4 is 17.4 Å². The van der Waals surface area contributed by atoms with Crippen molar-refractivity contribution in [1.82, 2.24) is 10.6 Å². The average Bonchev–Trinajstić information content (AvgIpc) is 2.90. The number of alkyl carbamates (subject to hydrolysis) is 1. The Bertz CT molecular complexity index is 493. The summed E-state index contributed by atoms with van der Waals surface area (Å²) in [5, 5.41) is 8.76. The summed E-state index contributed by atoms with van der Waals surface area (Å²) in [5.74, 6) is 0. The zero-order valence-electron chi connectivity index (χ0n) is 14.1. The van der Waals surface area contributed by atoms with Crippen molar-refractivity contribution in [3.05, 3.63) is 21.9 Å². The molecule has 2 rings (SSSR count). The second-order valence-corrected chi connectivity index (χ2v) is 7.90. The maximum absolute atomic E-state index is 11.9. The number of fused-ring (bicyclic) bond motifs is 1. The summed E-state index contributed by atoms with van der Waals surface area (Å²) in [6.45, 7) is 8.50. The first-order valence-corrected chi connectivity index (χ1v) is 9.06. The number of aryl methyl sites for hydroxylation is 1. The van der Waals surface area contributed by atoms with E-state index in [1.165, 1.54) is 29.7 Å². The van der Waals surface area contributed by atoms with E-state index < -0.39 is 5.60 Å². The van der Waals surface area contributed by atoms with Gasteiger partial charge in [-0.05, 0) is 63.5 Å². The Morgan fingerprint density at radius 1 is 1.50 bits per heavy atom. The van der Waals surface area contributed by atoms with Crippen LogP contribution in [0, 0.1) is 0 Å². The number of ether oxygens (including phenoxy) is 1. The minimum absolute atomic E-state index is 0.0962. The van der Waals surface area contributed by atoms with Gasteiger partial charge in [0, 0.05) is 23.5 Å². The van der Waals surface area contributed by atoms with Crippen LogP contribution in [0.25, 0.3) is 0 Å². The van der Waals surface area contributed by atoms with Gasteiger partial charge in [0.2, 0.25) is 0 Å². The first-order chi connectivity index (χ1) is 10.4. The molecule has 124 valence electrons. The Balaban J connectivity index is 1.83. The van der Waals surface area contributed by atoms with Crippen LogP contribution in [0.15, 0.2) is 11.4 Å². The molecule has 0 aliphatic heterocycles. The molecule has 0 saturated carbocycles. The molecule has 1 aromatic rings. The van der Waals surface area contributed by atoms with Crippen molar-refractivity contribution in [3.63, 3.8) is 0 Å². The van der Waals surface area contributed by atoms with E-state index in [0.29, 0.717) is 6.04 Å². The van der Waals surface area contributed by atoms with E-state index in [9.17, 15) is 4.79 Å². The van der Waals surface area contributed by atoms with E-state index in [1.807, 2.05) is 32.1 Å². The van der Waals surface area contributed by atoms with Crippen molar-refractivity contribution in [3.8, 4) is 0 Å². The van der Waals surface area contributed by atoms with Crippen LogP contribution in [0.5, 0.6) is 0 Å². The molecule has 22 heavy (non-hydrogen) atoms. The third kappa shape index (κ3) is 4.99. The second-order valence-electron chi connectivity index (χ2n) is 6.90. The number of amides is 1. The van der Waals surface area contributed by atoms with Gasteiger partial charge in [-0.1, -0.05) is 6.92 Å². The number of thiophene rings is 1. The summed E-state index contributed by atoms with van der Waals surface area (Å²) in [6.07, 6.45) is 4.17. The molecule has 4 nitrogen and oxygen atoms in total. The SMILES string of the molecule is CCC(CNC1CCCc2sccc21)NC(=O)OC(C)(C)C. The molecule has 1 aliphatic rings. The predicted molar refractivity (Wildman–Crippen MR) is 91.4 cm³/mol. The molecular formula is C17H28N2O2S. The zero-order valence-corrected chi connectivity index (χ0v) is 14.9. The Morgan fingerprint density at radius 2 is 2.27 bits per heavy atom. The highest BCUT2D eigenvalue weighted by molar-refractivity contribution is 7.10. The normalized spacial score (nSPS) is 19.4. The molecule has 0 saturated heterocycles. The van der Waals surface area contributed by atoms with Gasteiger partial charge in [0.05, 0.1) is 0 Å². The van der Waals surface area contributed by atoms with Crippen LogP contribution in [0.2, 0.25) is 0 Å². The maximum Gasteiger partial charge on any atom is 0.407 e. The fourth-order valence-corrected chi connectivity index (χ4v) is 3.74. The highest BCUT2D eigenvalue weighted by Gasteiger charge is 2.23. The summed E-state index contributed by atoms with van der Waals surface area (Å²) >= 11 is 1.86. The standard InChI is InChI=1S/C17H28N2O2S/c1-5-12(19-16(20)21-17(2,3)4)11-18-14-7-6-8-15-13(14)9-10-22-15/h9-10,12,14,18H,5-8,11H2,1-4H3,(H,19,20). The van der Waals surface area contributed by atoms with Gasteiger partial charge in [-0.3, -0.25) is 0 Å². The molecule has 1 aromatic heterocycles. The van der Waals surface area contributed by atoms with Crippen molar-refractivity contribution in [1.29, 1.82) is 0 Å². The summed E-state index contributed by atoms with van der Waals surface area (Å²) in [4.78, 5) is 13.4. The molecule has 0 spiro atoms. The van der Waals surface area contributed by atoms with E-state index in [4.69, 9.17) is 4.74 Å². The lowest BCUT2D eigenvalue weighted by Gasteiger charge is -2.27. The lowest BCUT2D eigenvalue weighted by molar-refractivity contribution is 0.0501. The molecule has 1 heterocycles. The van der Waals surface area contributed by atoms with Gasteiger partial charge in [-0.25, -0.2) is 4.79 Å². The molecule has 0 bridgehead atoms. The Labute approximate surface area is 137 Å². The van der Waals surface area contributed by atoms with E-state index in [1.54, 1.807) is 0 Å². The van der Waals surface area contributed by atoms with Gasteiger partial charge < -0.3 is 15.4 Å². The zero-order chi connectivity index (χ0) is 16.2. The third-order valence-electron chi connectivity index (χ3n) is 3.88. The monoisotopic (exact) mass is 324 g/mol. The van der Waals surface area contributed by atoms with Crippen LogP contribution >= 0.6 is 11.3 Å². The van der Waals surface area contributed by atoms with Gasteiger partial charge in [0.1, 0.15) is 5.60 Å². The molecular weight excluding hydrogens is 296 g/mol. The number of hydrogen-bond acceptors (Lipinski definition) is 4. The Morgan fingerprint density at radius 3 is 2.95 bits per heavy atom. The van der Waals surface area contributed by atoms with Gasteiger partial charge in [0.25, 0.3) is 0 Å². The van der Waals surface area contributed by atoms with Crippen molar-refractivity contribution in [2.24, 2.45) is 0 Å². The summed E-state index contributed by atoms with van der Waals surface area (Å²) in [5.41, 5.74) is 0.994. The van der Waals surface area contributed by atoms with Crippen LogP contribution in [-0.2, 0) is 11.2 Å². The van der Waals surface area contributed by atoms with Gasteiger partial charge in [-0.15, -0.1) is 11.3 Å². The summed E-state index contributed by atoms with van der Waals surface area (Å²) in [7, 11) is 0. The van der Waals surface area contributed by atoms with Gasteiger partial charge in [-0.2, -0.15) is 0 Å². The number of rotatable bonds is 5. The summed E-state index contributed by atoms with van der Waals surface area (Å²) < 4.78 is 5.33. The Kier molecular flexibility index (Phi) is 5.87. The van der Waals surface area contributed by atoms with E-state index in [-0.39, 0.29) is 12.1 Å². The largest absolute Gasteiger partial charge is 0.444 e. The predicted octanol–water partition coefficient (Wildman–Crippen LogP) is 4.02. The lowest BCUT2D eigenvalue weighted by Crippen LogP contribution is -2.44. The highest BCUT2D eigenvalue weighted by atomic mass is 32.1. The van der Waals surface area contributed by atoms with E-state index in [2.05, 4.69) is 29.0 Å². The molecule has 0 aromatic carbocycles. The highest BCUT2D eigenvalue weighted by Crippen LogP contribution is 2.33. The number of carbonyl (C=O) groups excluding carboxylic acids is 1. The first kappa shape index (κ1) is 17.3. The molecule has 2 N–H and O–H groups in total.